The van der Waals surface area contributed by atoms with Crippen LogP contribution in [-0.4, -0.2) is 37.0 Å². The summed E-state index contributed by atoms with van der Waals surface area (Å²) in [6.45, 7) is 1.31. The zero-order valence-electron chi connectivity index (χ0n) is 14.9. The Balaban J connectivity index is 1.80. The van der Waals surface area contributed by atoms with E-state index in [1.807, 2.05) is 42.5 Å². The largest absolute Gasteiger partial charge is 0.384 e. The van der Waals surface area contributed by atoms with Gasteiger partial charge < -0.3 is 15.0 Å². The molecule has 5 heteroatoms. The highest BCUT2D eigenvalue weighted by Gasteiger charge is 2.35. The van der Waals surface area contributed by atoms with E-state index in [4.69, 9.17) is 4.74 Å². The van der Waals surface area contributed by atoms with Gasteiger partial charge in [-0.2, -0.15) is 0 Å². The number of hydrogen-bond acceptors (Lipinski definition) is 3. The first kappa shape index (κ1) is 18.1. The van der Waals surface area contributed by atoms with E-state index in [0.717, 1.165) is 23.1 Å². The van der Waals surface area contributed by atoms with E-state index in [-0.39, 0.29) is 18.2 Å². The average Bonchev–Trinajstić information content (AvgIpc) is 2.70. The van der Waals surface area contributed by atoms with E-state index < -0.39 is 6.04 Å². The summed E-state index contributed by atoms with van der Waals surface area (Å²) in [5.74, 6) is -0.225. The van der Waals surface area contributed by atoms with Gasteiger partial charge in [0.1, 0.15) is 6.04 Å². The maximum absolute atomic E-state index is 13.0. The maximum atomic E-state index is 13.0. The van der Waals surface area contributed by atoms with E-state index >= 15 is 0 Å². The Morgan fingerprint density at radius 3 is 2.85 bits per heavy atom. The molecule has 2 aromatic rings. The van der Waals surface area contributed by atoms with Crippen LogP contribution >= 0.6 is 0 Å². The van der Waals surface area contributed by atoms with Gasteiger partial charge in [0.15, 0.2) is 0 Å². The minimum Gasteiger partial charge on any atom is -0.384 e. The highest BCUT2D eigenvalue weighted by molar-refractivity contribution is 5.89. The Bertz CT molecular complexity index is 761. The van der Waals surface area contributed by atoms with Crippen molar-refractivity contribution in [3.05, 3.63) is 71.3 Å². The summed E-state index contributed by atoms with van der Waals surface area (Å²) in [4.78, 5) is 27.3. The third kappa shape index (κ3) is 4.11. The van der Waals surface area contributed by atoms with Gasteiger partial charge in [-0.25, -0.2) is 0 Å². The fourth-order valence-corrected chi connectivity index (χ4v) is 3.26. The molecule has 1 N–H and O–H groups in total. The van der Waals surface area contributed by atoms with E-state index in [9.17, 15) is 9.59 Å². The van der Waals surface area contributed by atoms with Crippen molar-refractivity contribution in [3.63, 3.8) is 0 Å². The molecule has 0 aromatic heterocycles. The van der Waals surface area contributed by atoms with Crippen LogP contribution in [0.2, 0.25) is 0 Å². The summed E-state index contributed by atoms with van der Waals surface area (Å²) in [5, 5.41) is 2.98. The quantitative estimate of drug-likeness (QED) is 0.869. The molecule has 2 amide bonds. The number of nitrogens with one attached hydrogen (secondary N) is 1. The second-order valence-corrected chi connectivity index (χ2v) is 6.31. The Hall–Kier alpha value is -2.66. The number of fused-ring (bicyclic) bond motifs is 1. The number of amides is 2. The van der Waals surface area contributed by atoms with Gasteiger partial charge in [0, 0.05) is 20.2 Å². The molecule has 135 valence electrons. The lowest BCUT2D eigenvalue weighted by Crippen LogP contribution is -2.47. The van der Waals surface area contributed by atoms with Crippen LogP contribution in [0, 0.1) is 6.07 Å². The number of carbonyl (C=O) groups is 2. The van der Waals surface area contributed by atoms with Gasteiger partial charge in [-0.15, -0.1) is 0 Å². The topological polar surface area (TPSA) is 58.6 Å². The summed E-state index contributed by atoms with van der Waals surface area (Å²) in [6.07, 6.45) is 1.00. The molecule has 0 spiro atoms. The monoisotopic (exact) mass is 351 g/mol. The zero-order chi connectivity index (χ0) is 18.4. The Kier molecular flexibility index (Phi) is 6.02. The van der Waals surface area contributed by atoms with Crippen LogP contribution in [0.25, 0.3) is 0 Å². The zero-order valence-corrected chi connectivity index (χ0v) is 14.9. The van der Waals surface area contributed by atoms with E-state index in [2.05, 4.69) is 11.4 Å². The predicted octanol–water partition coefficient (Wildman–Crippen LogP) is 2.27. The van der Waals surface area contributed by atoms with Crippen molar-refractivity contribution in [2.45, 2.75) is 25.4 Å². The number of benzene rings is 2. The van der Waals surface area contributed by atoms with Crippen LogP contribution in [0.5, 0.6) is 0 Å². The first-order chi connectivity index (χ1) is 12.7. The number of hydrogen-bond donors (Lipinski definition) is 1. The summed E-state index contributed by atoms with van der Waals surface area (Å²) in [5.41, 5.74) is 2.98. The lowest BCUT2D eigenvalue weighted by molar-refractivity contribution is -0.142. The molecule has 1 unspecified atom stereocenters. The average molecular weight is 351 g/mol. The predicted molar refractivity (Wildman–Crippen MR) is 98.2 cm³/mol. The number of rotatable bonds is 6. The van der Waals surface area contributed by atoms with Gasteiger partial charge in [0.2, 0.25) is 11.8 Å². The first-order valence-electron chi connectivity index (χ1n) is 8.79. The Morgan fingerprint density at radius 1 is 1.27 bits per heavy atom. The van der Waals surface area contributed by atoms with Gasteiger partial charge in [0.05, 0.1) is 13.0 Å². The third-order valence-corrected chi connectivity index (χ3v) is 4.61. The van der Waals surface area contributed by atoms with Crippen LogP contribution in [0.1, 0.15) is 29.2 Å². The Labute approximate surface area is 154 Å². The number of methoxy groups -OCH3 is 1. The molecular formula is C21H23N2O3. The summed E-state index contributed by atoms with van der Waals surface area (Å²) in [7, 11) is 1.57. The number of nitrogens with zero attached hydrogens (tertiary/aromatic N) is 1. The van der Waals surface area contributed by atoms with Crippen molar-refractivity contribution in [3.8, 4) is 0 Å². The number of ether oxygens (including phenoxy) is 1. The minimum atomic E-state index is -0.610. The van der Waals surface area contributed by atoms with E-state index in [0.29, 0.717) is 19.7 Å². The van der Waals surface area contributed by atoms with Crippen molar-refractivity contribution in [2.75, 3.05) is 20.3 Å². The molecule has 0 saturated heterocycles. The molecule has 1 aliphatic rings. The third-order valence-electron chi connectivity index (χ3n) is 4.61. The molecule has 0 aliphatic carbocycles. The van der Waals surface area contributed by atoms with Crippen molar-refractivity contribution in [1.29, 1.82) is 0 Å². The molecule has 0 bridgehead atoms. The minimum absolute atomic E-state index is 0.0646. The van der Waals surface area contributed by atoms with Gasteiger partial charge in [-0.05, 0) is 29.2 Å². The standard InChI is InChI=1S/C21H23N2O3/c1-26-14-12-19(24)23-13-11-17-9-5-6-10-18(17)20(23)21(25)22-15-16-7-3-2-4-8-16/h2-4,6-10,20H,11-15H2,1H3,(H,22,25). The maximum Gasteiger partial charge on any atom is 0.247 e. The molecule has 0 fully saturated rings. The first-order valence-corrected chi connectivity index (χ1v) is 8.79. The number of carbonyl (C=O) groups excluding carboxylic acids is 2. The van der Waals surface area contributed by atoms with Crippen molar-refractivity contribution in [1.82, 2.24) is 10.2 Å². The second kappa shape index (κ2) is 8.63. The fraction of sp³-hybridized carbons (Fsp3) is 0.333. The molecule has 1 heterocycles. The van der Waals surface area contributed by atoms with Crippen LogP contribution in [0.15, 0.2) is 48.5 Å². The fourth-order valence-electron chi connectivity index (χ4n) is 3.26. The summed E-state index contributed by atoms with van der Waals surface area (Å²) in [6, 6.07) is 17.8. The Morgan fingerprint density at radius 2 is 2.08 bits per heavy atom. The van der Waals surface area contributed by atoms with Gasteiger partial charge >= 0.3 is 0 Å². The molecular weight excluding hydrogens is 328 g/mol. The van der Waals surface area contributed by atoms with E-state index in [1.165, 1.54) is 0 Å². The van der Waals surface area contributed by atoms with Crippen LogP contribution in [0.4, 0.5) is 0 Å². The highest BCUT2D eigenvalue weighted by atomic mass is 16.5. The smallest absolute Gasteiger partial charge is 0.247 e. The lowest BCUT2D eigenvalue weighted by Gasteiger charge is -2.36. The van der Waals surface area contributed by atoms with Gasteiger partial charge in [-0.3, -0.25) is 9.59 Å². The molecule has 0 saturated carbocycles. The molecule has 5 nitrogen and oxygen atoms in total. The summed E-state index contributed by atoms with van der Waals surface area (Å²) >= 11 is 0. The second-order valence-electron chi connectivity index (χ2n) is 6.31. The SMILES string of the molecule is COCCC(=O)N1CCc2c[c]ccc2C1C(=O)NCc1ccccc1. The molecule has 1 radical (unpaired) electrons. The molecule has 2 aromatic carbocycles. The normalized spacial score (nSPS) is 16.0. The van der Waals surface area contributed by atoms with Crippen molar-refractivity contribution < 1.29 is 14.3 Å². The van der Waals surface area contributed by atoms with Gasteiger partial charge in [0.25, 0.3) is 0 Å². The molecule has 1 atom stereocenters. The highest BCUT2D eigenvalue weighted by Crippen LogP contribution is 2.30. The van der Waals surface area contributed by atoms with Crippen molar-refractivity contribution >= 4 is 11.8 Å². The van der Waals surface area contributed by atoms with Crippen molar-refractivity contribution in [2.24, 2.45) is 0 Å². The molecule has 3 rings (SSSR count). The molecule has 26 heavy (non-hydrogen) atoms. The van der Waals surface area contributed by atoms with Crippen LogP contribution < -0.4 is 5.32 Å². The molecule has 1 aliphatic heterocycles. The van der Waals surface area contributed by atoms with E-state index in [1.54, 1.807) is 18.1 Å². The van der Waals surface area contributed by atoms with Gasteiger partial charge in [-0.1, -0.05) is 48.5 Å². The van der Waals surface area contributed by atoms with Crippen LogP contribution in [0.3, 0.4) is 0 Å². The summed E-state index contributed by atoms with van der Waals surface area (Å²) < 4.78 is 5.02. The van der Waals surface area contributed by atoms with Crippen LogP contribution in [-0.2, 0) is 27.3 Å². The lowest BCUT2D eigenvalue weighted by atomic mass is 9.91.